The number of carbonyl (C=O) groups is 1. The molecule has 1 heterocycles. The van der Waals surface area contributed by atoms with Gasteiger partial charge >= 0.3 is 6.09 Å². The third-order valence-electron chi connectivity index (χ3n) is 2.06. The molecule has 0 aliphatic heterocycles. The van der Waals surface area contributed by atoms with E-state index in [0.717, 1.165) is 4.90 Å². The van der Waals surface area contributed by atoms with Crippen LogP contribution in [0, 0.1) is 0 Å². The van der Waals surface area contributed by atoms with Crippen LogP contribution in [0.15, 0.2) is 18.2 Å². The molecule has 6 heteroatoms. The van der Waals surface area contributed by atoms with Crippen LogP contribution in [-0.4, -0.2) is 33.3 Å². The molecule has 0 fully saturated rings. The molecule has 1 aromatic carbocycles. The highest BCUT2D eigenvalue weighted by Gasteiger charge is 2.12. The van der Waals surface area contributed by atoms with Crippen molar-refractivity contribution in [3.05, 3.63) is 18.2 Å². The van der Waals surface area contributed by atoms with Crippen LogP contribution in [0.2, 0.25) is 0 Å². The monoisotopic (exact) mass is 207 g/mol. The van der Waals surface area contributed by atoms with Gasteiger partial charge in [-0.25, -0.2) is 9.78 Å². The van der Waals surface area contributed by atoms with Crippen molar-refractivity contribution in [3.8, 4) is 5.75 Å². The van der Waals surface area contributed by atoms with Crippen LogP contribution >= 0.6 is 0 Å². The molecule has 2 aromatic rings. The summed E-state index contributed by atoms with van der Waals surface area (Å²) in [5.41, 5.74) is 1.20. The van der Waals surface area contributed by atoms with Crippen LogP contribution in [0.3, 0.4) is 0 Å². The van der Waals surface area contributed by atoms with E-state index in [2.05, 4.69) is 9.97 Å². The number of anilines is 1. The maximum Gasteiger partial charge on any atom is 0.413 e. The Morgan fingerprint density at radius 3 is 2.93 bits per heavy atom. The number of phenols is 1. The Balaban J connectivity index is 2.51. The van der Waals surface area contributed by atoms with E-state index in [1.54, 1.807) is 6.07 Å². The lowest BCUT2D eigenvalue weighted by atomic mass is 10.3. The predicted octanol–water partition coefficient (Wildman–Crippen LogP) is 1.38. The van der Waals surface area contributed by atoms with E-state index >= 15 is 0 Å². The summed E-state index contributed by atoms with van der Waals surface area (Å²) >= 11 is 0. The minimum Gasteiger partial charge on any atom is -0.508 e. The summed E-state index contributed by atoms with van der Waals surface area (Å²) in [4.78, 5) is 18.5. The second-order valence-electron chi connectivity index (χ2n) is 3.10. The summed E-state index contributed by atoms with van der Waals surface area (Å²) in [6, 6.07) is 4.59. The number of amides is 1. The van der Waals surface area contributed by atoms with Gasteiger partial charge in [-0.15, -0.1) is 0 Å². The highest BCUT2D eigenvalue weighted by Crippen LogP contribution is 2.20. The maximum absolute atomic E-state index is 10.7. The lowest BCUT2D eigenvalue weighted by Gasteiger charge is -2.07. The Bertz CT molecular complexity index is 520. The quantitative estimate of drug-likeness (QED) is 0.659. The number of imidazole rings is 1. The van der Waals surface area contributed by atoms with Gasteiger partial charge in [0, 0.05) is 13.1 Å². The molecule has 0 saturated heterocycles. The number of fused-ring (bicyclic) bond motifs is 1. The van der Waals surface area contributed by atoms with E-state index in [9.17, 15) is 9.90 Å². The average molecular weight is 207 g/mol. The fraction of sp³-hybridized carbons (Fsp3) is 0.111. The normalized spacial score (nSPS) is 10.5. The molecular formula is C9H9N3O3. The molecule has 1 amide bonds. The summed E-state index contributed by atoms with van der Waals surface area (Å²) in [5.74, 6) is 0.332. The average Bonchev–Trinajstić information content (AvgIpc) is 2.58. The lowest BCUT2D eigenvalue weighted by Crippen LogP contribution is -2.24. The molecule has 0 aliphatic carbocycles. The molecule has 0 aliphatic rings. The first kappa shape index (κ1) is 9.32. The standard InChI is InChI=1S/C9H9N3O3/c1-12(9(14)15)8-10-6-3-2-5(13)4-7(6)11-8/h2-4,13H,1H3,(H,10,11)(H,14,15). The molecule has 0 bridgehead atoms. The van der Waals surface area contributed by atoms with Crippen LogP contribution in [0.1, 0.15) is 0 Å². The molecule has 0 unspecified atom stereocenters. The molecule has 1 aromatic heterocycles. The summed E-state index contributed by atoms with van der Waals surface area (Å²) < 4.78 is 0. The van der Waals surface area contributed by atoms with Crippen molar-refractivity contribution in [2.75, 3.05) is 11.9 Å². The van der Waals surface area contributed by atoms with Crippen LogP contribution in [0.5, 0.6) is 5.75 Å². The van der Waals surface area contributed by atoms with Gasteiger partial charge in [-0.3, -0.25) is 4.90 Å². The summed E-state index contributed by atoms with van der Waals surface area (Å²) in [5, 5.41) is 17.9. The van der Waals surface area contributed by atoms with E-state index in [1.807, 2.05) is 0 Å². The number of aromatic hydroxyl groups is 1. The zero-order valence-corrected chi connectivity index (χ0v) is 7.93. The van der Waals surface area contributed by atoms with Crippen molar-refractivity contribution in [2.45, 2.75) is 0 Å². The largest absolute Gasteiger partial charge is 0.508 e. The molecule has 0 radical (unpaired) electrons. The molecular weight excluding hydrogens is 198 g/mol. The highest BCUT2D eigenvalue weighted by atomic mass is 16.4. The number of aromatic nitrogens is 2. The third kappa shape index (κ3) is 1.56. The highest BCUT2D eigenvalue weighted by molar-refractivity contribution is 5.87. The number of hydrogen-bond acceptors (Lipinski definition) is 3. The van der Waals surface area contributed by atoms with Gasteiger partial charge < -0.3 is 15.2 Å². The number of benzene rings is 1. The summed E-state index contributed by atoms with van der Waals surface area (Å²) in [7, 11) is 1.39. The summed E-state index contributed by atoms with van der Waals surface area (Å²) in [6.45, 7) is 0. The Kier molecular flexibility index (Phi) is 1.96. The predicted molar refractivity (Wildman–Crippen MR) is 54.2 cm³/mol. The maximum atomic E-state index is 10.7. The molecule has 0 saturated carbocycles. The van der Waals surface area contributed by atoms with E-state index in [0.29, 0.717) is 11.0 Å². The van der Waals surface area contributed by atoms with E-state index in [1.165, 1.54) is 19.2 Å². The number of nitrogens with zero attached hydrogens (tertiary/aromatic N) is 2. The van der Waals surface area contributed by atoms with Crippen LogP contribution < -0.4 is 4.90 Å². The fourth-order valence-electron chi connectivity index (χ4n) is 1.23. The Labute approximate surface area is 84.8 Å². The van der Waals surface area contributed by atoms with Gasteiger partial charge in [-0.1, -0.05) is 0 Å². The smallest absolute Gasteiger partial charge is 0.413 e. The van der Waals surface area contributed by atoms with Crippen LogP contribution in [0.25, 0.3) is 11.0 Å². The van der Waals surface area contributed by atoms with Gasteiger partial charge in [0.05, 0.1) is 11.0 Å². The zero-order valence-electron chi connectivity index (χ0n) is 7.93. The Hall–Kier alpha value is -2.24. The van der Waals surface area contributed by atoms with Crippen molar-refractivity contribution in [2.24, 2.45) is 0 Å². The Morgan fingerprint density at radius 2 is 2.27 bits per heavy atom. The van der Waals surface area contributed by atoms with Gasteiger partial charge in [0.1, 0.15) is 5.75 Å². The molecule has 15 heavy (non-hydrogen) atoms. The lowest BCUT2D eigenvalue weighted by molar-refractivity contribution is 0.203. The minimum atomic E-state index is -1.10. The fourth-order valence-corrected chi connectivity index (χ4v) is 1.23. The molecule has 3 N–H and O–H groups in total. The second kappa shape index (κ2) is 3.16. The van der Waals surface area contributed by atoms with E-state index in [4.69, 9.17) is 5.11 Å². The molecule has 0 atom stereocenters. The van der Waals surface area contributed by atoms with E-state index in [-0.39, 0.29) is 11.7 Å². The van der Waals surface area contributed by atoms with Crippen molar-refractivity contribution < 1.29 is 15.0 Å². The second-order valence-corrected chi connectivity index (χ2v) is 3.10. The minimum absolute atomic E-state index is 0.107. The zero-order chi connectivity index (χ0) is 11.0. The first-order valence-corrected chi connectivity index (χ1v) is 4.23. The number of aromatic amines is 1. The topological polar surface area (TPSA) is 89.5 Å². The molecule has 2 rings (SSSR count). The number of rotatable bonds is 1. The van der Waals surface area contributed by atoms with Gasteiger partial charge in [0.15, 0.2) is 0 Å². The van der Waals surface area contributed by atoms with Crippen molar-refractivity contribution in [1.82, 2.24) is 9.97 Å². The molecule has 6 nitrogen and oxygen atoms in total. The van der Waals surface area contributed by atoms with Gasteiger partial charge in [0.25, 0.3) is 0 Å². The number of nitrogens with one attached hydrogen (secondary N) is 1. The van der Waals surface area contributed by atoms with Crippen LogP contribution in [-0.2, 0) is 0 Å². The number of H-pyrrole nitrogens is 1. The Morgan fingerprint density at radius 1 is 1.53 bits per heavy atom. The number of phenolic OH excluding ortho intramolecular Hbond substituents is 1. The van der Waals surface area contributed by atoms with Crippen molar-refractivity contribution >= 4 is 23.1 Å². The summed E-state index contributed by atoms with van der Waals surface area (Å²) in [6.07, 6.45) is -1.10. The SMILES string of the molecule is CN(C(=O)O)c1nc2ccc(O)cc2[nH]1. The molecule has 78 valence electrons. The van der Waals surface area contributed by atoms with Gasteiger partial charge in [-0.05, 0) is 12.1 Å². The van der Waals surface area contributed by atoms with Gasteiger partial charge in [-0.2, -0.15) is 0 Å². The van der Waals surface area contributed by atoms with Crippen LogP contribution in [0.4, 0.5) is 10.7 Å². The van der Waals surface area contributed by atoms with Crippen molar-refractivity contribution in [3.63, 3.8) is 0 Å². The first-order valence-electron chi connectivity index (χ1n) is 4.23. The number of carboxylic acid groups (broad SMARTS) is 1. The number of hydrogen-bond donors (Lipinski definition) is 3. The first-order chi connectivity index (χ1) is 7.08. The molecule has 0 spiro atoms. The van der Waals surface area contributed by atoms with E-state index < -0.39 is 6.09 Å². The van der Waals surface area contributed by atoms with Crippen molar-refractivity contribution in [1.29, 1.82) is 0 Å². The van der Waals surface area contributed by atoms with Gasteiger partial charge in [0.2, 0.25) is 5.95 Å². The third-order valence-corrected chi connectivity index (χ3v) is 2.06.